The number of nitro benzene ring substituents is 1. The standard InChI is InChI=1S/C21H19N3O5S2/c1-14-11-12-15(13-19(14)24(26)27)31(28,29)23-17-8-4-3-7-16(17)21(25)22-18-9-5-6-10-20(18)30-2/h3-13,23H,1-2H3,(H,22,25). The minimum Gasteiger partial charge on any atom is -0.321 e. The Kier molecular flexibility index (Phi) is 6.62. The second-order valence-corrected chi connectivity index (χ2v) is 9.04. The fraction of sp³-hybridized carbons (Fsp3) is 0.0952. The van der Waals surface area contributed by atoms with Gasteiger partial charge < -0.3 is 5.32 Å². The molecule has 0 aliphatic heterocycles. The Labute approximate surface area is 183 Å². The summed E-state index contributed by atoms with van der Waals surface area (Å²) in [5.74, 6) is -0.491. The summed E-state index contributed by atoms with van der Waals surface area (Å²) in [6, 6.07) is 17.0. The number of nitrogens with zero attached hydrogens (tertiary/aromatic N) is 1. The van der Waals surface area contributed by atoms with Gasteiger partial charge in [0.25, 0.3) is 21.6 Å². The minimum atomic E-state index is -4.17. The number of rotatable bonds is 7. The van der Waals surface area contributed by atoms with Gasteiger partial charge in [-0.1, -0.05) is 30.3 Å². The van der Waals surface area contributed by atoms with E-state index in [0.29, 0.717) is 11.3 Å². The molecular weight excluding hydrogens is 438 g/mol. The quantitative estimate of drug-likeness (QED) is 0.302. The summed E-state index contributed by atoms with van der Waals surface area (Å²) < 4.78 is 28.1. The van der Waals surface area contributed by atoms with Crippen LogP contribution in [0.5, 0.6) is 0 Å². The molecule has 1 amide bonds. The molecule has 160 valence electrons. The zero-order valence-corrected chi connectivity index (χ0v) is 18.3. The summed E-state index contributed by atoms with van der Waals surface area (Å²) in [5.41, 5.74) is 0.819. The van der Waals surface area contributed by atoms with Crippen molar-refractivity contribution in [3.8, 4) is 0 Å². The number of amides is 1. The second-order valence-electron chi connectivity index (χ2n) is 6.51. The summed E-state index contributed by atoms with van der Waals surface area (Å²) in [4.78, 5) is 24.0. The first-order chi connectivity index (χ1) is 14.7. The van der Waals surface area contributed by atoms with Crippen LogP contribution in [0.15, 0.2) is 76.5 Å². The van der Waals surface area contributed by atoms with E-state index in [9.17, 15) is 23.3 Å². The molecule has 0 fully saturated rings. The molecule has 3 aromatic carbocycles. The van der Waals surface area contributed by atoms with Crippen molar-refractivity contribution in [2.24, 2.45) is 0 Å². The predicted molar refractivity (Wildman–Crippen MR) is 121 cm³/mol. The highest BCUT2D eigenvalue weighted by molar-refractivity contribution is 7.98. The van der Waals surface area contributed by atoms with Crippen molar-refractivity contribution in [1.29, 1.82) is 0 Å². The Balaban J connectivity index is 1.92. The van der Waals surface area contributed by atoms with Gasteiger partial charge in [-0.05, 0) is 43.5 Å². The van der Waals surface area contributed by atoms with Crippen LogP contribution in [0.1, 0.15) is 15.9 Å². The highest BCUT2D eigenvalue weighted by Crippen LogP contribution is 2.28. The van der Waals surface area contributed by atoms with Crippen molar-refractivity contribution in [2.75, 3.05) is 16.3 Å². The lowest BCUT2D eigenvalue weighted by Crippen LogP contribution is -2.19. The molecule has 0 spiro atoms. The molecule has 0 saturated carbocycles. The minimum absolute atomic E-state index is 0.0601. The number of nitro groups is 1. The predicted octanol–water partition coefficient (Wildman–Crippen LogP) is 4.68. The average Bonchev–Trinajstić information content (AvgIpc) is 2.74. The van der Waals surface area contributed by atoms with Crippen LogP contribution in [0.25, 0.3) is 0 Å². The van der Waals surface area contributed by atoms with E-state index in [2.05, 4.69) is 10.0 Å². The number of nitrogens with one attached hydrogen (secondary N) is 2. The van der Waals surface area contributed by atoms with Gasteiger partial charge in [0.2, 0.25) is 0 Å². The number of thioether (sulfide) groups is 1. The largest absolute Gasteiger partial charge is 0.321 e. The van der Waals surface area contributed by atoms with Crippen LogP contribution in [0.3, 0.4) is 0 Å². The van der Waals surface area contributed by atoms with Crippen LogP contribution in [-0.4, -0.2) is 25.5 Å². The van der Waals surface area contributed by atoms with Crippen molar-refractivity contribution in [1.82, 2.24) is 0 Å². The van der Waals surface area contributed by atoms with Crippen molar-refractivity contribution in [2.45, 2.75) is 16.7 Å². The lowest BCUT2D eigenvalue weighted by Gasteiger charge is -2.14. The Morgan fingerprint density at radius 3 is 2.32 bits per heavy atom. The summed E-state index contributed by atoms with van der Waals surface area (Å²) in [6.45, 7) is 1.52. The van der Waals surface area contributed by atoms with Gasteiger partial charge in [0.15, 0.2) is 0 Å². The van der Waals surface area contributed by atoms with Gasteiger partial charge in [-0.2, -0.15) is 0 Å². The molecule has 0 heterocycles. The number of aryl methyl sites for hydroxylation is 1. The zero-order chi connectivity index (χ0) is 22.6. The Hall–Kier alpha value is -3.37. The summed E-state index contributed by atoms with van der Waals surface area (Å²) >= 11 is 1.47. The van der Waals surface area contributed by atoms with Gasteiger partial charge in [0.1, 0.15) is 0 Å². The third-order valence-corrected chi connectivity index (χ3v) is 6.62. The maximum absolute atomic E-state index is 12.9. The fourth-order valence-corrected chi connectivity index (χ4v) is 4.52. The Bertz CT molecular complexity index is 1260. The smallest absolute Gasteiger partial charge is 0.273 e. The first kappa shape index (κ1) is 22.3. The SMILES string of the molecule is CSc1ccccc1NC(=O)c1ccccc1NS(=O)(=O)c1ccc(C)c([N+](=O)[O-])c1. The summed E-state index contributed by atoms with van der Waals surface area (Å²) in [7, 11) is -4.17. The van der Waals surface area contributed by atoms with Gasteiger partial charge in [-0.15, -0.1) is 11.8 Å². The van der Waals surface area contributed by atoms with Gasteiger partial charge in [0, 0.05) is 16.5 Å². The van der Waals surface area contributed by atoms with Crippen molar-refractivity contribution >= 4 is 44.8 Å². The van der Waals surface area contributed by atoms with Crippen LogP contribution in [0.2, 0.25) is 0 Å². The summed E-state index contributed by atoms with van der Waals surface area (Å²) in [5, 5.41) is 14.0. The number of para-hydroxylation sites is 2. The number of hydrogen-bond donors (Lipinski definition) is 2. The number of anilines is 2. The Morgan fingerprint density at radius 2 is 1.65 bits per heavy atom. The molecule has 0 aliphatic carbocycles. The molecule has 2 N–H and O–H groups in total. The van der Waals surface area contributed by atoms with Crippen LogP contribution < -0.4 is 10.0 Å². The average molecular weight is 458 g/mol. The molecule has 0 aromatic heterocycles. The normalized spacial score (nSPS) is 11.0. The summed E-state index contributed by atoms with van der Waals surface area (Å²) in [6.07, 6.45) is 1.88. The monoisotopic (exact) mass is 457 g/mol. The first-order valence-corrected chi connectivity index (χ1v) is 11.7. The van der Waals surface area contributed by atoms with Gasteiger partial charge in [0.05, 0.1) is 26.8 Å². The van der Waals surface area contributed by atoms with E-state index in [-0.39, 0.29) is 21.8 Å². The molecule has 0 radical (unpaired) electrons. The maximum atomic E-state index is 12.9. The van der Waals surface area contributed by atoms with Crippen LogP contribution >= 0.6 is 11.8 Å². The molecule has 0 bridgehead atoms. The fourth-order valence-electron chi connectivity index (χ4n) is 2.86. The van der Waals surface area contributed by atoms with Crippen LogP contribution in [-0.2, 0) is 10.0 Å². The van der Waals surface area contributed by atoms with Crippen molar-refractivity contribution < 1.29 is 18.1 Å². The lowest BCUT2D eigenvalue weighted by molar-refractivity contribution is -0.385. The van der Waals surface area contributed by atoms with Gasteiger partial charge in [-0.3, -0.25) is 19.6 Å². The third kappa shape index (κ3) is 5.04. The zero-order valence-electron chi connectivity index (χ0n) is 16.7. The molecule has 0 atom stereocenters. The van der Waals surface area contributed by atoms with E-state index in [0.717, 1.165) is 11.0 Å². The van der Waals surface area contributed by atoms with Crippen LogP contribution in [0.4, 0.5) is 17.1 Å². The third-order valence-electron chi connectivity index (χ3n) is 4.46. The van der Waals surface area contributed by atoms with Gasteiger partial charge >= 0.3 is 0 Å². The molecule has 3 rings (SSSR count). The molecule has 3 aromatic rings. The number of carbonyl (C=O) groups is 1. The lowest BCUT2D eigenvalue weighted by atomic mass is 10.1. The molecule has 31 heavy (non-hydrogen) atoms. The molecule has 0 unspecified atom stereocenters. The molecule has 0 aliphatic rings. The van der Waals surface area contributed by atoms with Crippen molar-refractivity contribution in [3.63, 3.8) is 0 Å². The molecule has 0 saturated heterocycles. The molecular formula is C21H19N3O5S2. The second kappa shape index (κ2) is 9.19. The van der Waals surface area contributed by atoms with Crippen LogP contribution in [0, 0.1) is 17.0 Å². The number of carbonyl (C=O) groups excluding carboxylic acids is 1. The highest BCUT2D eigenvalue weighted by Gasteiger charge is 2.22. The topological polar surface area (TPSA) is 118 Å². The van der Waals surface area contributed by atoms with E-state index >= 15 is 0 Å². The van der Waals surface area contributed by atoms with E-state index in [1.165, 1.54) is 43.0 Å². The van der Waals surface area contributed by atoms with E-state index in [1.54, 1.807) is 24.3 Å². The number of sulfonamides is 1. The highest BCUT2D eigenvalue weighted by atomic mass is 32.2. The van der Waals surface area contributed by atoms with E-state index in [4.69, 9.17) is 0 Å². The number of hydrogen-bond acceptors (Lipinski definition) is 6. The Morgan fingerprint density at radius 1 is 1.00 bits per heavy atom. The molecule has 10 heteroatoms. The van der Waals surface area contributed by atoms with Crippen molar-refractivity contribution in [3.05, 3.63) is 88.0 Å². The van der Waals surface area contributed by atoms with Gasteiger partial charge in [-0.25, -0.2) is 8.42 Å². The first-order valence-electron chi connectivity index (χ1n) is 9.04. The maximum Gasteiger partial charge on any atom is 0.273 e. The van der Waals surface area contributed by atoms with E-state index < -0.39 is 20.9 Å². The number of benzene rings is 3. The van der Waals surface area contributed by atoms with E-state index in [1.807, 2.05) is 18.4 Å². The molecule has 8 nitrogen and oxygen atoms in total.